The average Bonchev–Trinajstić information content (AvgIpc) is 2.25. The Morgan fingerprint density at radius 2 is 1.94 bits per heavy atom. The monoisotopic (exact) mass is 272 g/mol. The number of nitrogens with one attached hydrogen (secondary N) is 1. The van der Waals surface area contributed by atoms with E-state index in [1.807, 2.05) is 32.0 Å². The van der Waals surface area contributed by atoms with Crippen molar-refractivity contribution in [2.75, 3.05) is 20.6 Å². The predicted octanol–water partition coefficient (Wildman–Crippen LogP) is 0.733. The molecular formula is C12H20N2O3S. The van der Waals surface area contributed by atoms with Crippen molar-refractivity contribution >= 4 is 10.2 Å². The van der Waals surface area contributed by atoms with Gasteiger partial charge in [0.25, 0.3) is 10.2 Å². The molecule has 6 heteroatoms. The SMILES string of the molecule is Cc1ccc(C(O)CNS(=O)(=O)N(C)C)c(C)c1. The van der Waals surface area contributed by atoms with E-state index >= 15 is 0 Å². The first kappa shape index (κ1) is 15.1. The lowest BCUT2D eigenvalue weighted by Crippen LogP contribution is -2.37. The van der Waals surface area contributed by atoms with E-state index < -0.39 is 16.3 Å². The fraction of sp³-hybridized carbons (Fsp3) is 0.500. The maximum Gasteiger partial charge on any atom is 0.279 e. The fourth-order valence-corrected chi connectivity index (χ4v) is 2.25. The second-order valence-electron chi connectivity index (χ2n) is 4.51. The van der Waals surface area contributed by atoms with Crippen molar-refractivity contribution in [2.45, 2.75) is 20.0 Å². The standard InChI is InChI=1S/C12H20N2O3S/c1-9-5-6-11(10(2)7-9)12(15)8-13-18(16,17)14(3)4/h5-7,12-13,15H,8H2,1-4H3. The minimum atomic E-state index is -3.50. The highest BCUT2D eigenvalue weighted by Gasteiger charge is 2.17. The summed E-state index contributed by atoms with van der Waals surface area (Å²) in [5, 5.41) is 9.99. The maximum absolute atomic E-state index is 11.5. The molecule has 2 N–H and O–H groups in total. The topological polar surface area (TPSA) is 69.6 Å². The van der Waals surface area contributed by atoms with Crippen LogP contribution in [0, 0.1) is 13.8 Å². The smallest absolute Gasteiger partial charge is 0.279 e. The van der Waals surface area contributed by atoms with Gasteiger partial charge >= 0.3 is 0 Å². The summed E-state index contributed by atoms with van der Waals surface area (Å²) in [5.74, 6) is 0. The van der Waals surface area contributed by atoms with Gasteiger partial charge in [-0.1, -0.05) is 23.8 Å². The molecule has 0 aromatic heterocycles. The van der Waals surface area contributed by atoms with Crippen molar-refractivity contribution in [3.8, 4) is 0 Å². The van der Waals surface area contributed by atoms with E-state index in [-0.39, 0.29) is 6.54 Å². The third-order valence-corrected chi connectivity index (χ3v) is 4.22. The molecule has 0 heterocycles. The largest absolute Gasteiger partial charge is 0.387 e. The summed E-state index contributed by atoms with van der Waals surface area (Å²) in [6.07, 6.45) is -0.847. The number of aliphatic hydroxyl groups excluding tert-OH is 1. The highest BCUT2D eigenvalue weighted by atomic mass is 32.2. The first-order valence-corrected chi connectivity index (χ1v) is 7.10. The van der Waals surface area contributed by atoms with Crippen LogP contribution in [-0.4, -0.2) is 38.5 Å². The van der Waals surface area contributed by atoms with Gasteiger partial charge in [-0.3, -0.25) is 0 Å². The van der Waals surface area contributed by atoms with Gasteiger partial charge in [-0.2, -0.15) is 17.4 Å². The average molecular weight is 272 g/mol. The molecule has 1 atom stereocenters. The van der Waals surface area contributed by atoms with Gasteiger partial charge < -0.3 is 5.11 Å². The molecule has 1 rings (SSSR count). The minimum Gasteiger partial charge on any atom is -0.387 e. The Labute approximate surface area is 109 Å². The van der Waals surface area contributed by atoms with Crippen LogP contribution in [0.15, 0.2) is 18.2 Å². The van der Waals surface area contributed by atoms with Crippen molar-refractivity contribution in [1.82, 2.24) is 9.03 Å². The van der Waals surface area contributed by atoms with E-state index in [0.717, 1.165) is 21.0 Å². The number of aliphatic hydroxyl groups is 1. The Morgan fingerprint density at radius 3 is 2.44 bits per heavy atom. The lowest BCUT2D eigenvalue weighted by Gasteiger charge is -2.17. The van der Waals surface area contributed by atoms with Crippen LogP contribution in [0.5, 0.6) is 0 Å². The highest BCUT2D eigenvalue weighted by molar-refractivity contribution is 7.87. The zero-order valence-electron chi connectivity index (χ0n) is 11.1. The van der Waals surface area contributed by atoms with Gasteiger partial charge in [0, 0.05) is 20.6 Å². The number of benzene rings is 1. The number of aryl methyl sites for hydroxylation is 2. The zero-order valence-corrected chi connectivity index (χ0v) is 12.0. The lowest BCUT2D eigenvalue weighted by molar-refractivity contribution is 0.180. The first-order chi connectivity index (χ1) is 8.24. The summed E-state index contributed by atoms with van der Waals surface area (Å²) in [6.45, 7) is 3.83. The van der Waals surface area contributed by atoms with Gasteiger partial charge in [-0.05, 0) is 25.0 Å². The van der Waals surface area contributed by atoms with Crippen molar-refractivity contribution in [3.05, 3.63) is 34.9 Å². The van der Waals surface area contributed by atoms with Crippen LogP contribution in [0.1, 0.15) is 22.8 Å². The molecule has 0 amide bonds. The lowest BCUT2D eigenvalue weighted by atomic mass is 10.0. The third-order valence-electron chi connectivity index (χ3n) is 2.72. The Morgan fingerprint density at radius 1 is 1.33 bits per heavy atom. The second-order valence-corrected chi connectivity index (χ2v) is 6.48. The molecule has 0 bridgehead atoms. The van der Waals surface area contributed by atoms with Crippen LogP contribution < -0.4 is 4.72 Å². The van der Waals surface area contributed by atoms with Crippen LogP contribution in [-0.2, 0) is 10.2 Å². The van der Waals surface area contributed by atoms with Gasteiger partial charge in [0.2, 0.25) is 0 Å². The number of nitrogens with zero attached hydrogens (tertiary/aromatic N) is 1. The summed E-state index contributed by atoms with van der Waals surface area (Å²) in [4.78, 5) is 0. The molecule has 0 aliphatic carbocycles. The molecule has 0 aliphatic rings. The molecule has 0 spiro atoms. The Kier molecular flexibility index (Phi) is 4.86. The van der Waals surface area contributed by atoms with Crippen LogP contribution in [0.4, 0.5) is 0 Å². The maximum atomic E-state index is 11.5. The molecular weight excluding hydrogens is 252 g/mol. The quantitative estimate of drug-likeness (QED) is 0.830. The highest BCUT2D eigenvalue weighted by Crippen LogP contribution is 2.18. The minimum absolute atomic E-state index is 0.0373. The third kappa shape index (κ3) is 3.78. The molecule has 0 saturated carbocycles. The van der Waals surface area contributed by atoms with Crippen molar-refractivity contribution in [1.29, 1.82) is 0 Å². The van der Waals surface area contributed by atoms with E-state index in [1.165, 1.54) is 14.1 Å². The number of hydrogen-bond donors (Lipinski definition) is 2. The summed E-state index contributed by atoms with van der Waals surface area (Å²) in [6, 6.07) is 5.67. The molecule has 1 aromatic rings. The number of hydrogen-bond acceptors (Lipinski definition) is 3. The molecule has 102 valence electrons. The van der Waals surface area contributed by atoms with Gasteiger partial charge in [0.05, 0.1) is 6.10 Å². The summed E-state index contributed by atoms with van der Waals surface area (Å²) >= 11 is 0. The molecule has 0 aliphatic heterocycles. The molecule has 0 saturated heterocycles. The number of rotatable bonds is 5. The summed E-state index contributed by atoms with van der Waals surface area (Å²) in [7, 11) is -0.626. The van der Waals surface area contributed by atoms with Crippen LogP contribution in [0.25, 0.3) is 0 Å². The van der Waals surface area contributed by atoms with Crippen LogP contribution in [0.2, 0.25) is 0 Å². The molecule has 0 fully saturated rings. The Hall–Kier alpha value is -0.950. The van der Waals surface area contributed by atoms with Gasteiger partial charge in [0.1, 0.15) is 0 Å². The first-order valence-electron chi connectivity index (χ1n) is 5.66. The van der Waals surface area contributed by atoms with E-state index in [4.69, 9.17) is 0 Å². The molecule has 0 radical (unpaired) electrons. The second kappa shape index (κ2) is 5.79. The molecule has 18 heavy (non-hydrogen) atoms. The van der Waals surface area contributed by atoms with Gasteiger partial charge in [-0.15, -0.1) is 0 Å². The Bertz CT molecular complexity index is 512. The molecule has 5 nitrogen and oxygen atoms in total. The van der Waals surface area contributed by atoms with E-state index in [0.29, 0.717) is 0 Å². The van der Waals surface area contributed by atoms with E-state index in [9.17, 15) is 13.5 Å². The van der Waals surface area contributed by atoms with Crippen LogP contribution in [0.3, 0.4) is 0 Å². The normalized spacial score (nSPS) is 13.9. The van der Waals surface area contributed by atoms with Crippen LogP contribution >= 0.6 is 0 Å². The van der Waals surface area contributed by atoms with Crippen molar-refractivity contribution < 1.29 is 13.5 Å². The predicted molar refractivity (Wildman–Crippen MR) is 71.5 cm³/mol. The van der Waals surface area contributed by atoms with Gasteiger partial charge in [0.15, 0.2) is 0 Å². The fourth-order valence-electron chi connectivity index (χ4n) is 1.62. The molecule has 1 aromatic carbocycles. The Balaban J connectivity index is 2.75. The van der Waals surface area contributed by atoms with Gasteiger partial charge in [-0.25, -0.2) is 0 Å². The van der Waals surface area contributed by atoms with E-state index in [2.05, 4.69) is 4.72 Å². The summed E-state index contributed by atoms with van der Waals surface area (Å²) < 4.78 is 26.4. The summed E-state index contributed by atoms with van der Waals surface area (Å²) in [5.41, 5.74) is 2.80. The molecule has 1 unspecified atom stereocenters. The van der Waals surface area contributed by atoms with Crippen molar-refractivity contribution in [2.24, 2.45) is 0 Å². The van der Waals surface area contributed by atoms with Crippen molar-refractivity contribution in [3.63, 3.8) is 0 Å². The zero-order chi connectivity index (χ0) is 13.9. The van der Waals surface area contributed by atoms with E-state index in [1.54, 1.807) is 0 Å².